The maximum Gasteiger partial charge on any atom is 0.417 e. The van der Waals surface area contributed by atoms with Gasteiger partial charge in [0.15, 0.2) is 0 Å². The molecular formula is C12H8F3N. The molecule has 0 fully saturated rings. The lowest BCUT2D eigenvalue weighted by molar-refractivity contribution is -0.137. The van der Waals surface area contributed by atoms with Gasteiger partial charge in [-0.05, 0) is 17.7 Å². The Kier molecular flexibility index (Phi) is 1.73. The quantitative estimate of drug-likeness (QED) is 0.550. The van der Waals surface area contributed by atoms with Gasteiger partial charge in [0.25, 0.3) is 0 Å². The molecule has 0 aliphatic carbocycles. The van der Waals surface area contributed by atoms with E-state index in [4.69, 9.17) is 0 Å². The van der Waals surface area contributed by atoms with E-state index in [1.165, 1.54) is 12.3 Å². The van der Waals surface area contributed by atoms with Crippen LogP contribution in [0.1, 0.15) is 16.8 Å². The summed E-state index contributed by atoms with van der Waals surface area (Å²) in [5.74, 6) is 0. The number of hydrogen-bond donors (Lipinski definition) is 0. The van der Waals surface area contributed by atoms with Crippen molar-refractivity contribution in [3.63, 3.8) is 0 Å². The molecule has 0 saturated heterocycles. The number of hydrogen-bond acceptors (Lipinski definition) is 0. The Morgan fingerprint density at radius 1 is 1.12 bits per heavy atom. The van der Waals surface area contributed by atoms with Gasteiger partial charge in [-0.15, -0.1) is 0 Å². The van der Waals surface area contributed by atoms with Gasteiger partial charge < -0.3 is 4.57 Å². The van der Waals surface area contributed by atoms with Crippen molar-refractivity contribution in [3.8, 4) is 5.69 Å². The van der Waals surface area contributed by atoms with Gasteiger partial charge in [-0.1, -0.05) is 18.2 Å². The Bertz CT molecular complexity index is 552. The van der Waals surface area contributed by atoms with Crippen molar-refractivity contribution in [1.29, 1.82) is 0 Å². The van der Waals surface area contributed by atoms with Gasteiger partial charge in [-0.2, -0.15) is 13.2 Å². The summed E-state index contributed by atoms with van der Waals surface area (Å²) in [7, 11) is 0. The van der Waals surface area contributed by atoms with Crippen molar-refractivity contribution in [2.24, 2.45) is 0 Å². The monoisotopic (exact) mass is 223 g/mol. The highest BCUT2D eigenvalue weighted by Gasteiger charge is 2.34. The lowest BCUT2D eigenvalue weighted by atomic mass is 10.1. The Morgan fingerprint density at radius 3 is 2.62 bits per heavy atom. The van der Waals surface area contributed by atoms with E-state index in [2.05, 4.69) is 0 Å². The van der Waals surface area contributed by atoms with E-state index >= 15 is 0 Å². The zero-order valence-electron chi connectivity index (χ0n) is 8.25. The van der Waals surface area contributed by atoms with Gasteiger partial charge in [0, 0.05) is 24.0 Å². The lowest BCUT2D eigenvalue weighted by Gasteiger charge is -2.04. The van der Waals surface area contributed by atoms with Crippen LogP contribution >= 0.6 is 0 Å². The second-order valence-electron chi connectivity index (χ2n) is 3.89. The first-order chi connectivity index (χ1) is 7.55. The zero-order chi connectivity index (χ0) is 11.3. The Balaban J connectivity index is 2.15. The average molecular weight is 223 g/mol. The van der Waals surface area contributed by atoms with Crippen LogP contribution in [0.25, 0.3) is 5.69 Å². The largest absolute Gasteiger partial charge is 0.417 e. The predicted molar refractivity (Wildman–Crippen MR) is 53.6 cm³/mol. The Morgan fingerprint density at radius 2 is 1.88 bits per heavy atom. The molecule has 0 amide bonds. The maximum atomic E-state index is 12.5. The molecule has 0 spiro atoms. The number of para-hydroxylation sites is 1. The van der Waals surface area contributed by atoms with Crippen LogP contribution in [0.3, 0.4) is 0 Å². The average Bonchev–Trinajstić information content (AvgIpc) is 2.72. The Labute approximate surface area is 90.1 Å². The molecule has 0 radical (unpaired) electrons. The Hall–Kier alpha value is -1.71. The molecule has 0 saturated carbocycles. The van der Waals surface area contributed by atoms with Gasteiger partial charge in [0.1, 0.15) is 0 Å². The van der Waals surface area contributed by atoms with Crippen LogP contribution < -0.4 is 0 Å². The number of rotatable bonds is 0. The van der Waals surface area contributed by atoms with Crippen molar-refractivity contribution in [3.05, 3.63) is 53.3 Å². The SMILES string of the molecule is FC(F)(F)c1cc2n(c1)-c1ccccc1C2. The molecule has 0 bridgehead atoms. The standard InChI is InChI=1S/C12H8F3N/c13-12(14,15)9-6-10-5-8-3-1-2-4-11(8)16(10)7-9/h1-4,6-7H,5H2. The highest BCUT2D eigenvalue weighted by Crippen LogP contribution is 2.35. The van der Waals surface area contributed by atoms with E-state index in [9.17, 15) is 13.2 Å². The third-order valence-electron chi connectivity index (χ3n) is 2.85. The second-order valence-corrected chi connectivity index (χ2v) is 3.89. The normalized spacial score (nSPS) is 13.7. The molecule has 1 nitrogen and oxygen atoms in total. The van der Waals surface area contributed by atoms with Crippen LogP contribution in [0.2, 0.25) is 0 Å². The topological polar surface area (TPSA) is 4.93 Å². The fraction of sp³-hybridized carbons (Fsp3) is 0.167. The van der Waals surface area contributed by atoms with Crippen LogP contribution in [0, 0.1) is 0 Å². The first kappa shape index (κ1) is 9.51. The molecule has 1 aliphatic heterocycles. The van der Waals surface area contributed by atoms with Crippen LogP contribution in [-0.2, 0) is 12.6 Å². The van der Waals surface area contributed by atoms with Crippen LogP contribution in [0.4, 0.5) is 13.2 Å². The van der Waals surface area contributed by atoms with E-state index in [1.54, 1.807) is 4.57 Å². The second kappa shape index (κ2) is 2.90. The summed E-state index contributed by atoms with van der Waals surface area (Å²) in [6, 6.07) is 8.73. The molecule has 0 unspecified atom stereocenters. The summed E-state index contributed by atoms with van der Waals surface area (Å²) in [4.78, 5) is 0. The minimum atomic E-state index is -4.26. The van der Waals surface area contributed by atoms with Gasteiger partial charge in [-0.3, -0.25) is 0 Å². The van der Waals surface area contributed by atoms with Gasteiger partial charge in [0.05, 0.1) is 5.56 Å². The molecule has 1 aliphatic rings. The maximum absolute atomic E-state index is 12.5. The third kappa shape index (κ3) is 1.26. The van der Waals surface area contributed by atoms with Crippen molar-refractivity contribution in [2.75, 3.05) is 0 Å². The molecule has 2 heterocycles. The van der Waals surface area contributed by atoms with Crippen molar-refractivity contribution >= 4 is 0 Å². The fourth-order valence-electron chi connectivity index (χ4n) is 2.11. The van der Waals surface area contributed by atoms with Crippen molar-refractivity contribution in [2.45, 2.75) is 12.6 Å². The molecule has 1 aromatic carbocycles. The predicted octanol–water partition coefficient (Wildman–Crippen LogP) is 3.40. The minimum absolute atomic E-state index is 0.572. The summed E-state index contributed by atoms with van der Waals surface area (Å²) >= 11 is 0. The van der Waals surface area contributed by atoms with E-state index in [0.29, 0.717) is 12.1 Å². The van der Waals surface area contributed by atoms with Crippen molar-refractivity contribution in [1.82, 2.24) is 4.57 Å². The van der Waals surface area contributed by atoms with Crippen molar-refractivity contribution < 1.29 is 13.2 Å². The van der Waals surface area contributed by atoms with E-state index in [1.807, 2.05) is 24.3 Å². The zero-order valence-corrected chi connectivity index (χ0v) is 8.25. The molecule has 0 atom stereocenters. The van der Waals surface area contributed by atoms with Crippen LogP contribution in [-0.4, -0.2) is 4.57 Å². The molecule has 1 aromatic heterocycles. The number of aromatic nitrogens is 1. The van der Waals surface area contributed by atoms with E-state index < -0.39 is 11.7 Å². The van der Waals surface area contributed by atoms with E-state index in [0.717, 1.165) is 11.3 Å². The summed E-state index contributed by atoms with van der Waals surface area (Å²) in [6.45, 7) is 0. The lowest BCUT2D eigenvalue weighted by Crippen LogP contribution is -2.03. The highest BCUT2D eigenvalue weighted by atomic mass is 19.4. The summed E-state index contributed by atoms with van der Waals surface area (Å²) < 4.78 is 39.1. The number of fused-ring (bicyclic) bond motifs is 3. The fourth-order valence-corrected chi connectivity index (χ4v) is 2.11. The molecule has 82 valence electrons. The van der Waals surface area contributed by atoms with Crippen LogP contribution in [0.5, 0.6) is 0 Å². The van der Waals surface area contributed by atoms with Gasteiger partial charge in [-0.25, -0.2) is 0 Å². The van der Waals surface area contributed by atoms with E-state index in [-0.39, 0.29) is 0 Å². The van der Waals surface area contributed by atoms with Crippen LogP contribution in [0.15, 0.2) is 36.5 Å². The summed E-state index contributed by atoms with van der Waals surface area (Å²) in [6.07, 6.45) is -2.51. The smallest absolute Gasteiger partial charge is 0.320 e. The third-order valence-corrected chi connectivity index (χ3v) is 2.85. The molecule has 2 aromatic rings. The number of alkyl halides is 3. The summed E-state index contributed by atoms with van der Waals surface area (Å²) in [5, 5.41) is 0. The summed E-state index contributed by atoms with van der Waals surface area (Å²) in [5.41, 5.74) is 2.06. The first-order valence-electron chi connectivity index (χ1n) is 4.92. The van der Waals surface area contributed by atoms with Gasteiger partial charge >= 0.3 is 6.18 Å². The van der Waals surface area contributed by atoms with Gasteiger partial charge in [0.2, 0.25) is 0 Å². The first-order valence-corrected chi connectivity index (χ1v) is 4.92. The number of nitrogens with zero attached hydrogens (tertiary/aromatic N) is 1. The number of benzene rings is 1. The minimum Gasteiger partial charge on any atom is -0.320 e. The highest BCUT2D eigenvalue weighted by molar-refractivity contribution is 5.51. The molecule has 3 rings (SSSR count). The molecule has 16 heavy (non-hydrogen) atoms. The molecule has 4 heteroatoms. The molecule has 0 N–H and O–H groups in total. The number of halogens is 3. The molecular weight excluding hydrogens is 215 g/mol.